The lowest BCUT2D eigenvalue weighted by molar-refractivity contribution is -0.580. The molecule has 5 aromatic rings. The highest BCUT2D eigenvalue weighted by Gasteiger charge is 2.19. The zero-order valence-electron chi connectivity index (χ0n) is 13.7. The van der Waals surface area contributed by atoms with Gasteiger partial charge in [-0.1, -0.05) is 72.8 Å². The molecule has 0 atom stereocenters. The molecule has 1 heterocycles. The molecule has 0 unspecified atom stereocenters. The first-order valence-electron chi connectivity index (χ1n) is 8.47. The lowest BCUT2D eigenvalue weighted by Crippen LogP contribution is -2.31. The Morgan fingerprint density at radius 1 is 0.600 bits per heavy atom. The third-order valence-electron chi connectivity index (χ3n) is 4.76. The maximum Gasteiger partial charge on any atom is 0.292 e. The molecule has 25 heavy (non-hydrogen) atoms. The van der Waals surface area contributed by atoms with Crippen LogP contribution in [0.25, 0.3) is 38.6 Å². The molecular weight excluding hydrogens is 304 g/mol. The molecule has 0 aliphatic heterocycles. The first kappa shape index (κ1) is 14.0. The van der Waals surface area contributed by atoms with Gasteiger partial charge in [-0.05, 0) is 28.3 Å². The highest BCUT2D eigenvalue weighted by atomic mass is 15.1. The second kappa shape index (κ2) is 5.60. The Kier molecular flexibility index (Phi) is 3.14. The molecule has 0 saturated heterocycles. The minimum Gasteiger partial charge on any atom is -0.243 e. The highest BCUT2D eigenvalue weighted by Crippen LogP contribution is 2.27. The summed E-state index contributed by atoms with van der Waals surface area (Å²) < 4.78 is 2.24. The van der Waals surface area contributed by atoms with E-state index in [9.17, 15) is 0 Å². The van der Waals surface area contributed by atoms with Gasteiger partial charge in [-0.15, -0.1) is 0 Å². The monoisotopic (exact) mass is 321 g/mol. The molecule has 118 valence electrons. The van der Waals surface area contributed by atoms with Crippen LogP contribution >= 0.6 is 0 Å². The second-order valence-corrected chi connectivity index (χ2v) is 6.20. The number of fused-ring (bicyclic) bond motifs is 2. The number of imidazole rings is 1. The van der Waals surface area contributed by atoms with Crippen LogP contribution in [-0.2, 0) is 0 Å². The summed E-state index contributed by atoms with van der Waals surface area (Å²) in [7, 11) is 0. The Hall–Kier alpha value is -3.39. The summed E-state index contributed by atoms with van der Waals surface area (Å²) >= 11 is 0. The largest absolute Gasteiger partial charge is 0.292 e. The van der Waals surface area contributed by atoms with E-state index in [-0.39, 0.29) is 0 Å². The van der Waals surface area contributed by atoms with E-state index >= 15 is 0 Å². The van der Waals surface area contributed by atoms with E-state index in [1.54, 1.807) is 0 Å². The van der Waals surface area contributed by atoms with Gasteiger partial charge in [0.1, 0.15) is 18.1 Å². The first-order chi connectivity index (χ1) is 12.4. The third-order valence-corrected chi connectivity index (χ3v) is 4.76. The van der Waals surface area contributed by atoms with E-state index in [1.807, 2.05) is 6.20 Å². The van der Waals surface area contributed by atoms with E-state index in [0.717, 1.165) is 5.82 Å². The van der Waals surface area contributed by atoms with Crippen LogP contribution in [0.1, 0.15) is 0 Å². The predicted molar refractivity (Wildman–Crippen MR) is 103 cm³/mol. The number of benzene rings is 4. The fourth-order valence-corrected chi connectivity index (χ4v) is 3.59. The Morgan fingerprint density at radius 3 is 2.08 bits per heavy atom. The lowest BCUT2D eigenvalue weighted by atomic mass is 10.0. The van der Waals surface area contributed by atoms with Crippen LogP contribution in [0.4, 0.5) is 0 Å². The van der Waals surface area contributed by atoms with Gasteiger partial charge in [0, 0.05) is 5.39 Å². The average Bonchev–Trinajstić information content (AvgIpc) is 3.16. The molecule has 5 rings (SSSR count). The van der Waals surface area contributed by atoms with Crippen LogP contribution in [0.15, 0.2) is 97.3 Å². The van der Waals surface area contributed by atoms with Crippen molar-refractivity contribution in [3.05, 3.63) is 97.3 Å². The molecule has 0 spiro atoms. The minimum atomic E-state index is 1.09. The smallest absolute Gasteiger partial charge is 0.243 e. The van der Waals surface area contributed by atoms with Crippen molar-refractivity contribution in [2.75, 3.05) is 0 Å². The fraction of sp³-hybridized carbons (Fsp3) is 0. The Labute approximate surface area is 146 Å². The number of nitrogens with zero attached hydrogens (tertiary/aromatic N) is 1. The van der Waals surface area contributed by atoms with Gasteiger partial charge in [0.15, 0.2) is 0 Å². The van der Waals surface area contributed by atoms with Gasteiger partial charge < -0.3 is 0 Å². The SMILES string of the molecule is c1ccc2c(-c3[nH]cc[n+]3-c3cccc4ccccc34)cccc2c1. The quantitative estimate of drug-likeness (QED) is 0.428. The van der Waals surface area contributed by atoms with E-state index < -0.39 is 0 Å². The van der Waals surface area contributed by atoms with Gasteiger partial charge in [-0.3, -0.25) is 0 Å². The summed E-state index contributed by atoms with van der Waals surface area (Å²) in [6, 6.07) is 29.9. The van der Waals surface area contributed by atoms with Crippen molar-refractivity contribution >= 4 is 21.5 Å². The lowest BCUT2D eigenvalue weighted by Gasteiger charge is -2.07. The third kappa shape index (κ3) is 2.23. The summed E-state index contributed by atoms with van der Waals surface area (Å²) in [6.07, 6.45) is 4.10. The van der Waals surface area contributed by atoms with Crippen LogP contribution in [0.3, 0.4) is 0 Å². The Morgan fingerprint density at radius 2 is 1.24 bits per heavy atom. The van der Waals surface area contributed by atoms with Crippen LogP contribution in [0.2, 0.25) is 0 Å². The van der Waals surface area contributed by atoms with E-state index in [4.69, 9.17) is 0 Å². The minimum absolute atomic E-state index is 1.09. The van der Waals surface area contributed by atoms with Crippen molar-refractivity contribution in [3.8, 4) is 17.1 Å². The zero-order valence-corrected chi connectivity index (χ0v) is 13.7. The van der Waals surface area contributed by atoms with Gasteiger partial charge in [0.25, 0.3) is 5.82 Å². The molecule has 0 fully saturated rings. The molecule has 0 saturated carbocycles. The maximum atomic E-state index is 3.44. The summed E-state index contributed by atoms with van der Waals surface area (Å²) in [6.45, 7) is 0. The number of nitrogens with one attached hydrogen (secondary N) is 1. The topological polar surface area (TPSA) is 19.7 Å². The van der Waals surface area contributed by atoms with Gasteiger partial charge in [0.2, 0.25) is 0 Å². The number of aromatic amines is 1. The molecule has 2 nitrogen and oxygen atoms in total. The number of H-pyrrole nitrogens is 1. The van der Waals surface area contributed by atoms with E-state index in [1.165, 1.54) is 32.8 Å². The number of rotatable bonds is 2. The van der Waals surface area contributed by atoms with Gasteiger partial charge >= 0.3 is 0 Å². The van der Waals surface area contributed by atoms with Crippen LogP contribution < -0.4 is 4.57 Å². The van der Waals surface area contributed by atoms with Crippen LogP contribution in [0, 0.1) is 0 Å². The average molecular weight is 321 g/mol. The van der Waals surface area contributed by atoms with Crippen LogP contribution in [0.5, 0.6) is 0 Å². The molecule has 1 N–H and O–H groups in total. The molecule has 4 aromatic carbocycles. The molecule has 0 amide bonds. The number of aromatic nitrogens is 2. The molecule has 0 radical (unpaired) electrons. The molecule has 2 heteroatoms. The maximum absolute atomic E-state index is 3.44. The van der Waals surface area contributed by atoms with E-state index in [0.29, 0.717) is 0 Å². The summed E-state index contributed by atoms with van der Waals surface area (Å²) in [4.78, 5) is 3.44. The Bertz CT molecular complexity index is 1100. The zero-order chi connectivity index (χ0) is 16.6. The summed E-state index contributed by atoms with van der Waals surface area (Å²) in [5.41, 5.74) is 2.39. The van der Waals surface area contributed by atoms with Gasteiger partial charge in [0.05, 0.1) is 5.56 Å². The van der Waals surface area contributed by atoms with Crippen molar-refractivity contribution in [1.29, 1.82) is 0 Å². The van der Waals surface area contributed by atoms with Crippen molar-refractivity contribution in [2.24, 2.45) is 0 Å². The molecule has 0 aliphatic rings. The molecular formula is C23H17N2+. The molecule has 0 bridgehead atoms. The standard InChI is InChI=1S/C23H16N2/c1-3-11-19-17(7-1)9-5-13-21(19)23-24-15-16-25(23)22-14-6-10-18-8-2-4-12-20(18)22/h1-16H/p+1. The van der Waals surface area contributed by atoms with E-state index in [2.05, 4.69) is 101 Å². The second-order valence-electron chi connectivity index (χ2n) is 6.20. The summed E-state index contributed by atoms with van der Waals surface area (Å²) in [5.74, 6) is 1.09. The van der Waals surface area contributed by atoms with Crippen molar-refractivity contribution < 1.29 is 4.57 Å². The van der Waals surface area contributed by atoms with Crippen molar-refractivity contribution in [3.63, 3.8) is 0 Å². The van der Waals surface area contributed by atoms with Crippen molar-refractivity contribution in [2.45, 2.75) is 0 Å². The Balaban J connectivity index is 1.80. The number of hydrogen-bond acceptors (Lipinski definition) is 0. The first-order valence-corrected chi connectivity index (χ1v) is 8.47. The predicted octanol–water partition coefficient (Wildman–Crippen LogP) is 5.26. The van der Waals surface area contributed by atoms with Gasteiger partial charge in [-0.2, -0.15) is 4.57 Å². The molecule has 0 aliphatic carbocycles. The fourth-order valence-electron chi connectivity index (χ4n) is 3.59. The molecule has 1 aromatic heterocycles. The highest BCUT2D eigenvalue weighted by molar-refractivity contribution is 5.95. The van der Waals surface area contributed by atoms with Crippen molar-refractivity contribution in [1.82, 2.24) is 4.98 Å². The van der Waals surface area contributed by atoms with Gasteiger partial charge in [-0.25, -0.2) is 4.98 Å². The number of hydrogen-bond donors (Lipinski definition) is 1. The normalized spacial score (nSPS) is 11.2. The van der Waals surface area contributed by atoms with Crippen LogP contribution in [-0.4, -0.2) is 4.98 Å². The summed E-state index contributed by atoms with van der Waals surface area (Å²) in [5, 5.41) is 4.99.